The topological polar surface area (TPSA) is 60.9 Å². The maximum atomic E-state index is 12.2. The maximum Gasteiger partial charge on any atom is 0.208 e. The summed E-state index contributed by atoms with van der Waals surface area (Å²) in [4.78, 5) is 12.2. The van der Waals surface area contributed by atoms with Crippen LogP contribution in [0.2, 0.25) is 0 Å². The molecule has 5 nitrogen and oxygen atoms in total. The Hall–Kier alpha value is -2.95. The Labute approximate surface area is 127 Å². The minimum Gasteiger partial charge on any atom is -0.465 e. The van der Waals surface area contributed by atoms with Gasteiger partial charge in [0.25, 0.3) is 0 Å². The molecule has 0 amide bonds. The Morgan fingerprint density at radius 1 is 1.18 bits per heavy atom. The van der Waals surface area contributed by atoms with E-state index < -0.39 is 0 Å². The number of benzene rings is 1. The molecule has 0 bridgehead atoms. The number of furan rings is 1. The molecule has 110 valence electrons. The first-order valence-corrected chi connectivity index (χ1v) is 6.90. The van der Waals surface area contributed by atoms with E-state index >= 15 is 0 Å². The summed E-state index contributed by atoms with van der Waals surface area (Å²) in [7, 11) is 0. The zero-order chi connectivity index (χ0) is 15.5. The van der Waals surface area contributed by atoms with Crippen LogP contribution in [0.1, 0.15) is 27.5 Å². The number of hydrogen-bond donors (Lipinski definition) is 0. The molecule has 3 aromatic rings. The van der Waals surface area contributed by atoms with Crippen molar-refractivity contribution in [3.05, 3.63) is 71.4 Å². The van der Waals surface area contributed by atoms with Crippen LogP contribution >= 0.6 is 0 Å². The van der Waals surface area contributed by atoms with Crippen molar-refractivity contribution in [3.63, 3.8) is 0 Å². The van der Waals surface area contributed by atoms with Crippen LogP contribution in [-0.4, -0.2) is 20.8 Å². The quantitative estimate of drug-likeness (QED) is 0.546. The van der Waals surface area contributed by atoms with E-state index in [2.05, 4.69) is 10.3 Å². The Bertz CT molecular complexity index is 812. The van der Waals surface area contributed by atoms with Gasteiger partial charge >= 0.3 is 0 Å². The smallest absolute Gasteiger partial charge is 0.208 e. The minimum absolute atomic E-state index is 0.202. The van der Waals surface area contributed by atoms with Crippen molar-refractivity contribution in [3.8, 4) is 5.69 Å². The van der Waals surface area contributed by atoms with E-state index in [1.54, 1.807) is 29.2 Å². The third kappa shape index (κ3) is 2.74. The van der Waals surface area contributed by atoms with Crippen molar-refractivity contribution in [2.24, 2.45) is 0 Å². The molecule has 0 unspecified atom stereocenters. The fourth-order valence-electron chi connectivity index (χ4n) is 2.11. The van der Waals surface area contributed by atoms with Crippen molar-refractivity contribution in [1.29, 1.82) is 0 Å². The predicted molar refractivity (Wildman–Crippen MR) is 82.9 cm³/mol. The van der Waals surface area contributed by atoms with Gasteiger partial charge in [-0.2, -0.15) is 0 Å². The van der Waals surface area contributed by atoms with Gasteiger partial charge in [0.1, 0.15) is 5.76 Å². The lowest BCUT2D eigenvalue weighted by Crippen LogP contribution is -2.01. The first-order chi connectivity index (χ1) is 10.6. The number of carbonyl (C=O) groups is 1. The Balaban J connectivity index is 1.87. The van der Waals surface area contributed by atoms with Gasteiger partial charge in [0.05, 0.1) is 17.6 Å². The highest BCUT2D eigenvalue weighted by molar-refractivity contribution is 6.06. The first kappa shape index (κ1) is 14.0. The SMILES string of the molecule is Cc1ccc(-n2nnc(C(=O)/C=C/c3ccco3)c2C)cc1. The number of rotatable bonds is 4. The largest absolute Gasteiger partial charge is 0.465 e. The van der Waals surface area contributed by atoms with Gasteiger partial charge in [-0.3, -0.25) is 4.79 Å². The van der Waals surface area contributed by atoms with Crippen molar-refractivity contribution >= 4 is 11.9 Å². The van der Waals surface area contributed by atoms with E-state index in [4.69, 9.17) is 4.42 Å². The fourth-order valence-corrected chi connectivity index (χ4v) is 2.11. The number of carbonyl (C=O) groups excluding carboxylic acids is 1. The average molecular weight is 293 g/mol. The van der Waals surface area contributed by atoms with Gasteiger partial charge < -0.3 is 4.42 Å². The van der Waals surface area contributed by atoms with Crippen molar-refractivity contribution in [2.45, 2.75) is 13.8 Å². The van der Waals surface area contributed by atoms with Gasteiger partial charge in [0.2, 0.25) is 5.78 Å². The third-order valence-electron chi connectivity index (χ3n) is 3.35. The number of hydrogen-bond acceptors (Lipinski definition) is 4. The Morgan fingerprint density at radius 3 is 2.64 bits per heavy atom. The van der Waals surface area contributed by atoms with E-state index in [-0.39, 0.29) is 5.78 Å². The van der Waals surface area contributed by atoms with E-state index in [1.165, 1.54) is 11.6 Å². The van der Waals surface area contributed by atoms with Crippen LogP contribution in [0.15, 0.2) is 53.2 Å². The molecule has 0 aliphatic carbocycles. The summed E-state index contributed by atoms with van der Waals surface area (Å²) in [6.07, 6.45) is 4.62. The second-order valence-electron chi connectivity index (χ2n) is 4.98. The second-order valence-corrected chi connectivity index (χ2v) is 4.98. The van der Waals surface area contributed by atoms with Crippen molar-refractivity contribution in [1.82, 2.24) is 15.0 Å². The molecule has 0 spiro atoms. The molecule has 2 aromatic heterocycles. The van der Waals surface area contributed by atoms with Crippen LogP contribution in [0.3, 0.4) is 0 Å². The monoisotopic (exact) mass is 293 g/mol. The molecular formula is C17H15N3O2. The molecular weight excluding hydrogens is 278 g/mol. The number of aromatic nitrogens is 3. The fraction of sp³-hybridized carbons (Fsp3) is 0.118. The summed E-state index contributed by atoms with van der Waals surface area (Å²) in [5.74, 6) is 0.421. The lowest BCUT2D eigenvalue weighted by Gasteiger charge is -2.03. The standard InChI is InChI=1S/C17H15N3O2/c1-12-5-7-14(8-6-12)20-13(2)17(18-19-20)16(21)10-9-15-4-3-11-22-15/h3-11H,1-2H3/b10-9+. The summed E-state index contributed by atoms with van der Waals surface area (Å²) in [5.41, 5.74) is 3.09. The molecule has 0 aliphatic rings. The van der Waals surface area contributed by atoms with Gasteiger partial charge in [0.15, 0.2) is 5.69 Å². The van der Waals surface area contributed by atoms with E-state index in [0.717, 1.165) is 5.69 Å². The highest BCUT2D eigenvalue weighted by atomic mass is 16.3. The molecule has 0 radical (unpaired) electrons. The molecule has 2 heterocycles. The molecule has 3 rings (SSSR count). The molecule has 0 fully saturated rings. The van der Waals surface area contributed by atoms with Gasteiger partial charge in [-0.1, -0.05) is 22.9 Å². The summed E-state index contributed by atoms with van der Waals surface area (Å²) in [5, 5.41) is 8.07. The summed E-state index contributed by atoms with van der Waals surface area (Å²) in [6, 6.07) is 11.4. The third-order valence-corrected chi connectivity index (χ3v) is 3.35. The molecule has 22 heavy (non-hydrogen) atoms. The van der Waals surface area contributed by atoms with Crippen LogP contribution in [0.4, 0.5) is 0 Å². The zero-order valence-electron chi connectivity index (χ0n) is 12.4. The molecule has 0 atom stereocenters. The van der Waals surface area contributed by atoms with Crippen LogP contribution in [-0.2, 0) is 0 Å². The average Bonchev–Trinajstić information content (AvgIpc) is 3.15. The lowest BCUT2D eigenvalue weighted by atomic mass is 10.2. The van der Waals surface area contributed by atoms with Crippen LogP contribution in [0, 0.1) is 13.8 Å². The highest BCUT2D eigenvalue weighted by Crippen LogP contribution is 2.14. The molecule has 0 aliphatic heterocycles. The van der Waals surface area contributed by atoms with Crippen LogP contribution < -0.4 is 0 Å². The minimum atomic E-state index is -0.202. The van der Waals surface area contributed by atoms with Crippen molar-refractivity contribution in [2.75, 3.05) is 0 Å². The van der Waals surface area contributed by atoms with E-state index in [1.807, 2.05) is 38.1 Å². The van der Waals surface area contributed by atoms with Gasteiger partial charge in [-0.05, 0) is 50.3 Å². The Kier molecular flexibility index (Phi) is 3.70. The van der Waals surface area contributed by atoms with Crippen molar-refractivity contribution < 1.29 is 9.21 Å². The van der Waals surface area contributed by atoms with Crippen LogP contribution in [0.25, 0.3) is 11.8 Å². The predicted octanol–water partition coefficient (Wildman–Crippen LogP) is 3.37. The van der Waals surface area contributed by atoms with Gasteiger partial charge in [-0.15, -0.1) is 5.10 Å². The van der Waals surface area contributed by atoms with E-state index in [9.17, 15) is 4.79 Å². The normalized spacial score (nSPS) is 11.2. The van der Waals surface area contributed by atoms with Gasteiger partial charge in [0, 0.05) is 0 Å². The summed E-state index contributed by atoms with van der Waals surface area (Å²) < 4.78 is 6.82. The van der Waals surface area contributed by atoms with Gasteiger partial charge in [-0.25, -0.2) is 4.68 Å². The molecule has 0 saturated carbocycles. The molecule has 1 aromatic carbocycles. The summed E-state index contributed by atoms with van der Waals surface area (Å²) >= 11 is 0. The lowest BCUT2D eigenvalue weighted by molar-refractivity contribution is 0.104. The molecule has 5 heteroatoms. The maximum absolute atomic E-state index is 12.2. The highest BCUT2D eigenvalue weighted by Gasteiger charge is 2.15. The number of ketones is 1. The van der Waals surface area contributed by atoms with E-state index in [0.29, 0.717) is 17.1 Å². The second kappa shape index (κ2) is 5.81. The summed E-state index contributed by atoms with van der Waals surface area (Å²) in [6.45, 7) is 3.85. The number of allylic oxidation sites excluding steroid dienone is 1. The molecule has 0 saturated heterocycles. The van der Waals surface area contributed by atoms with Crippen LogP contribution in [0.5, 0.6) is 0 Å². The first-order valence-electron chi connectivity index (χ1n) is 6.90. The molecule has 0 N–H and O–H groups in total. The number of aryl methyl sites for hydroxylation is 1. The Morgan fingerprint density at radius 2 is 1.95 bits per heavy atom. The number of nitrogens with zero attached hydrogens (tertiary/aromatic N) is 3. The zero-order valence-corrected chi connectivity index (χ0v) is 12.4.